The zero-order valence-electron chi connectivity index (χ0n) is 11.6. The van der Waals surface area contributed by atoms with Gasteiger partial charge in [0.25, 0.3) is 0 Å². The summed E-state index contributed by atoms with van der Waals surface area (Å²) in [7, 11) is 0. The molecule has 0 unspecified atom stereocenters. The lowest BCUT2D eigenvalue weighted by Gasteiger charge is -2.08. The summed E-state index contributed by atoms with van der Waals surface area (Å²) in [6.45, 7) is 0. The fourth-order valence-electron chi connectivity index (χ4n) is 2.18. The minimum absolute atomic E-state index is 0.0163. The number of nitriles is 1. The lowest BCUT2D eigenvalue weighted by Crippen LogP contribution is -2.02. The van der Waals surface area contributed by atoms with Gasteiger partial charge in [0.1, 0.15) is 17.6 Å². The van der Waals surface area contributed by atoms with E-state index in [1.807, 2.05) is 6.07 Å². The Labute approximate surface area is 130 Å². The van der Waals surface area contributed by atoms with Crippen LogP contribution >= 0.6 is 0 Å². The Bertz CT molecular complexity index is 926. The number of carbonyl (C=O) groups is 1. The van der Waals surface area contributed by atoms with Crippen LogP contribution in [0.15, 0.2) is 48.5 Å². The fraction of sp³-hybridized carbons (Fsp3) is 0. The average molecular weight is 308 g/mol. The molecule has 0 fully saturated rings. The molecule has 0 spiro atoms. The maximum absolute atomic E-state index is 14.1. The van der Waals surface area contributed by atoms with Crippen molar-refractivity contribution in [3.63, 3.8) is 0 Å². The SMILES string of the molecule is N#Cc1nnn(-c2ccc(C(=O)O)cc2)c1-c1ccccc1F. The second-order valence-corrected chi connectivity index (χ2v) is 4.64. The van der Waals surface area contributed by atoms with Crippen LogP contribution in [0.5, 0.6) is 0 Å². The molecule has 0 radical (unpaired) electrons. The maximum atomic E-state index is 14.1. The third-order valence-electron chi connectivity index (χ3n) is 3.26. The first-order valence-electron chi connectivity index (χ1n) is 6.56. The van der Waals surface area contributed by atoms with E-state index in [0.29, 0.717) is 5.69 Å². The fourth-order valence-corrected chi connectivity index (χ4v) is 2.18. The number of aromatic carboxylic acids is 1. The van der Waals surface area contributed by atoms with E-state index in [4.69, 9.17) is 5.11 Å². The summed E-state index contributed by atoms with van der Waals surface area (Å²) in [6.07, 6.45) is 0. The summed E-state index contributed by atoms with van der Waals surface area (Å²) < 4.78 is 15.4. The summed E-state index contributed by atoms with van der Waals surface area (Å²) in [4.78, 5) is 10.9. The standard InChI is InChI=1S/C16H9FN4O2/c17-13-4-2-1-3-12(13)15-14(9-18)19-20-21(15)11-7-5-10(6-8-11)16(22)23/h1-8H,(H,22,23). The molecule has 6 nitrogen and oxygen atoms in total. The second-order valence-electron chi connectivity index (χ2n) is 4.64. The van der Waals surface area contributed by atoms with Gasteiger partial charge in [-0.3, -0.25) is 0 Å². The van der Waals surface area contributed by atoms with Gasteiger partial charge in [-0.2, -0.15) is 5.26 Å². The number of hydrogen-bond acceptors (Lipinski definition) is 4. The molecule has 23 heavy (non-hydrogen) atoms. The van der Waals surface area contributed by atoms with Crippen LogP contribution in [-0.2, 0) is 0 Å². The third kappa shape index (κ3) is 2.53. The van der Waals surface area contributed by atoms with Gasteiger partial charge in [-0.05, 0) is 36.4 Å². The van der Waals surface area contributed by atoms with Crippen LogP contribution in [0, 0.1) is 17.1 Å². The van der Waals surface area contributed by atoms with E-state index in [1.165, 1.54) is 41.1 Å². The molecule has 0 atom stereocenters. The van der Waals surface area contributed by atoms with Crippen molar-refractivity contribution in [1.29, 1.82) is 5.26 Å². The number of halogens is 1. The molecule has 0 aliphatic rings. The van der Waals surface area contributed by atoms with Gasteiger partial charge >= 0.3 is 5.97 Å². The molecule has 3 rings (SSSR count). The van der Waals surface area contributed by atoms with E-state index in [0.717, 1.165) is 0 Å². The molecule has 112 valence electrons. The van der Waals surface area contributed by atoms with E-state index < -0.39 is 11.8 Å². The highest BCUT2D eigenvalue weighted by Crippen LogP contribution is 2.27. The minimum Gasteiger partial charge on any atom is -0.478 e. The molecular weight excluding hydrogens is 299 g/mol. The van der Waals surface area contributed by atoms with Crippen molar-refractivity contribution < 1.29 is 14.3 Å². The Morgan fingerprint density at radius 1 is 1.17 bits per heavy atom. The zero-order chi connectivity index (χ0) is 16.4. The third-order valence-corrected chi connectivity index (χ3v) is 3.26. The van der Waals surface area contributed by atoms with Crippen LogP contribution in [0.25, 0.3) is 16.9 Å². The number of hydrogen-bond donors (Lipinski definition) is 1. The molecule has 0 bridgehead atoms. The van der Waals surface area contributed by atoms with E-state index in [9.17, 15) is 14.4 Å². The summed E-state index contributed by atoms with van der Waals surface area (Å²) in [6, 6.07) is 13.7. The first kappa shape index (κ1) is 14.4. The highest BCUT2D eigenvalue weighted by molar-refractivity contribution is 5.87. The van der Waals surface area contributed by atoms with Gasteiger partial charge in [0.05, 0.1) is 11.3 Å². The molecule has 0 saturated heterocycles. The largest absolute Gasteiger partial charge is 0.478 e. The lowest BCUT2D eigenvalue weighted by molar-refractivity contribution is 0.0697. The number of benzene rings is 2. The monoisotopic (exact) mass is 308 g/mol. The lowest BCUT2D eigenvalue weighted by atomic mass is 10.1. The Morgan fingerprint density at radius 3 is 2.48 bits per heavy atom. The van der Waals surface area contributed by atoms with Gasteiger partial charge in [-0.15, -0.1) is 5.10 Å². The van der Waals surface area contributed by atoms with Crippen LogP contribution < -0.4 is 0 Å². The van der Waals surface area contributed by atoms with E-state index in [2.05, 4.69) is 10.3 Å². The van der Waals surface area contributed by atoms with Crippen molar-refractivity contribution in [3.05, 3.63) is 65.6 Å². The van der Waals surface area contributed by atoms with Gasteiger partial charge in [0, 0.05) is 5.56 Å². The van der Waals surface area contributed by atoms with Crippen LogP contribution in [0.2, 0.25) is 0 Å². The minimum atomic E-state index is -1.05. The van der Waals surface area contributed by atoms with Gasteiger partial charge in [-0.25, -0.2) is 13.9 Å². The molecule has 1 N–H and O–H groups in total. The summed E-state index contributed by atoms with van der Waals surface area (Å²) in [5.74, 6) is -1.56. The smallest absolute Gasteiger partial charge is 0.335 e. The molecule has 1 heterocycles. The van der Waals surface area contributed by atoms with Gasteiger partial charge in [0.2, 0.25) is 0 Å². The van der Waals surface area contributed by atoms with Crippen LogP contribution in [-0.4, -0.2) is 26.1 Å². The quantitative estimate of drug-likeness (QED) is 0.803. The van der Waals surface area contributed by atoms with Gasteiger partial charge < -0.3 is 5.11 Å². The first-order valence-corrected chi connectivity index (χ1v) is 6.56. The highest BCUT2D eigenvalue weighted by atomic mass is 19.1. The van der Waals surface area contributed by atoms with Crippen molar-refractivity contribution in [1.82, 2.24) is 15.0 Å². The normalized spacial score (nSPS) is 10.3. The van der Waals surface area contributed by atoms with E-state index >= 15 is 0 Å². The number of nitrogens with zero attached hydrogens (tertiary/aromatic N) is 4. The summed E-state index contributed by atoms with van der Waals surface area (Å²) in [5.41, 5.74) is 0.978. The van der Waals surface area contributed by atoms with Crippen LogP contribution in [0.3, 0.4) is 0 Å². The Balaban J connectivity index is 2.18. The van der Waals surface area contributed by atoms with Crippen LogP contribution in [0.1, 0.15) is 16.1 Å². The predicted molar refractivity (Wildman–Crippen MR) is 78.4 cm³/mol. The van der Waals surface area contributed by atoms with Crippen molar-refractivity contribution in [3.8, 4) is 23.0 Å². The second kappa shape index (κ2) is 5.69. The molecule has 0 saturated carbocycles. The molecule has 0 amide bonds. The van der Waals surface area contributed by atoms with Gasteiger partial charge in [0.15, 0.2) is 5.69 Å². The molecule has 2 aromatic carbocycles. The number of carboxylic acid groups (broad SMARTS) is 1. The van der Waals surface area contributed by atoms with Crippen LogP contribution in [0.4, 0.5) is 4.39 Å². The van der Waals surface area contributed by atoms with Crippen molar-refractivity contribution >= 4 is 5.97 Å². The molecule has 3 aromatic rings. The van der Waals surface area contributed by atoms with Crippen molar-refractivity contribution in [2.75, 3.05) is 0 Å². The van der Waals surface area contributed by atoms with Gasteiger partial charge in [-0.1, -0.05) is 17.3 Å². The topological polar surface area (TPSA) is 91.8 Å². The summed E-state index contributed by atoms with van der Waals surface area (Å²) in [5, 5.41) is 25.7. The Morgan fingerprint density at radius 2 is 1.87 bits per heavy atom. The predicted octanol–water partition coefficient (Wildman–Crippen LogP) is 2.64. The molecule has 0 aliphatic carbocycles. The van der Waals surface area contributed by atoms with Crippen molar-refractivity contribution in [2.45, 2.75) is 0 Å². The molecular formula is C16H9FN4O2. The Kier molecular flexibility index (Phi) is 3.57. The van der Waals surface area contributed by atoms with Crippen molar-refractivity contribution in [2.24, 2.45) is 0 Å². The molecule has 7 heteroatoms. The number of carboxylic acids is 1. The molecule has 0 aliphatic heterocycles. The summed E-state index contributed by atoms with van der Waals surface area (Å²) >= 11 is 0. The van der Waals surface area contributed by atoms with E-state index in [1.54, 1.807) is 12.1 Å². The van der Waals surface area contributed by atoms with E-state index in [-0.39, 0.29) is 22.5 Å². The first-order chi connectivity index (χ1) is 11.1. The Hall–Kier alpha value is -3.53. The highest BCUT2D eigenvalue weighted by Gasteiger charge is 2.19. The number of aromatic nitrogens is 3. The maximum Gasteiger partial charge on any atom is 0.335 e. The number of rotatable bonds is 3. The average Bonchev–Trinajstić information content (AvgIpc) is 2.99. The molecule has 1 aromatic heterocycles. The zero-order valence-corrected chi connectivity index (χ0v) is 11.6.